The minimum Gasteiger partial charge on any atom is -0.276 e. The number of rotatable bonds is 0. The van der Waals surface area contributed by atoms with Gasteiger partial charge < -0.3 is 0 Å². The SMILES string of the molecule is C=C1SSc2c1ssc2=O. The van der Waals surface area contributed by atoms with Crippen molar-refractivity contribution in [1.29, 1.82) is 0 Å². The lowest BCUT2D eigenvalue weighted by molar-refractivity contribution is 1.51. The Kier molecular flexibility index (Phi) is 1.68. The molecule has 1 aliphatic heterocycles. The van der Waals surface area contributed by atoms with E-state index in [1.807, 2.05) is 0 Å². The minimum atomic E-state index is 0.191. The summed E-state index contributed by atoms with van der Waals surface area (Å²) in [6, 6.07) is 0. The van der Waals surface area contributed by atoms with Gasteiger partial charge in [-0.05, 0) is 21.1 Å². The highest BCUT2D eigenvalue weighted by Gasteiger charge is 2.21. The molecule has 0 N–H and O–H groups in total. The van der Waals surface area contributed by atoms with E-state index in [1.54, 1.807) is 10.8 Å². The molecule has 0 atom stereocenters. The van der Waals surface area contributed by atoms with Gasteiger partial charge in [0.1, 0.15) is 0 Å². The van der Waals surface area contributed by atoms with Crippen molar-refractivity contribution in [2.45, 2.75) is 4.90 Å². The highest BCUT2D eigenvalue weighted by Crippen LogP contribution is 2.52. The molecule has 1 aromatic heterocycles. The van der Waals surface area contributed by atoms with Gasteiger partial charge in [-0.1, -0.05) is 27.7 Å². The minimum absolute atomic E-state index is 0.191. The molecule has 0 fully saturated rings. The molecular formula is C5H2OS4. The molecule has 52 valence electrons. The fraction of sp³-hybridized carbons (Fsp3) is 0. The summed E-state index contributed by atoms with van der Waals surface area (Å²) >= 11 is 0. The van der Waals surface area contributed by atoms with Crippen molar-refractivity contribution in [1.82, 2.24) is 0 Å². The highest BCUT2D eigenvalue weighted by atomic mass is 33.1. The second kappa shape index (κ2) is 2.41. The zero-order valence-corrected chi connectivity index (χ0v) is 8.01. The average molecular weight is 206 g/mol. The molecular weight excluding hydrogens is 204 g/mol. The van der Waals surface area contributed by atoms with Crippen LogP contribution in [0.15, 0.2) is 16.3 Å². The maximum Gasteiger partial charge on any atom is 0.258 e. The lowest BCUT2D eigenvalue weighted by atomic mass is 10.5. The van der Waals surface area contributed by atoms with Gasteiger partial charge in [0.15, 0.2) is 0 Å². The molecule has 1 nitrogen and oxygen atoms in total. The summed E-state index contributed by atoms with van der Waals surface area (Å²) in [5.41, 5.74) is 0. The molecule has 1 aromatic rings. The first-order chi connectivity index (χ1) is 4.79. The smallest absolute Gasteiger partial charge is 0.258 e. The molecule has 10 heavy (non-hydrogen) atoms. The van der Waals surface area contributed by atoms with Crippen LogP contribution in [-0.4, -0.2) is 0 Å². The summed E-state index contributed by atoms with van der Waals surface area (Å²) in [6.07, 6.45) is 0. The summed E-state index contributed by atoms with van der Waals surface area (Å²) in [7, 11) is 5.96. The van der Waals surface area contributed by atoms with Crippen molar-refractivity contribution in [2.75, 3.05) is 0 Å². The summed E-state index contributed by atoms with van der Waals surface area (Å²) in [4.78, 5) is 14.0. The monoisotopic (exact) mass is 206 g/mol. The van der Waals surface area contributed by atoms with E-state index in [1.165, 1.54) is 31.5 Å². The second-order valence-corrected chi connectivity index (χ2v) is 6.05. The van der Waals surface area contributed by atoms with Gasteiger partial charge >= 0.3 is 0 Å². The quantitative estimate of drug-likeness (QED) is 0.608. The lowest BCUT2D eigenvalue weighted by Crippen LogP contribution is -1.88. The predicted molar refractivity (Wildman–Crippen MR) is 50.9 cm³/mol. The second-order valence-electron chi connectivity index (χ2n) is 1.70. The van der Waals surface area contributed by atoms with Gasteiger partial charge in [-0.15, -0.1) is 0 Å². The van der Waals surface area contributed by atoms with Gasteiger partial charge in [0.25, 0.3) is 4.74 Å². The van der Waals surface area contributed by atoms with E-state index >= 15 is 0 Å². The number of fused-ring (bicyclic) bond motifs is 1. The summed E-state index contributed by atoms with van der Waals surface area (Å²) in [6.45, 7) is 3.83. The van der Waals surface area contributed by atoms with Crippen LogP contribution in [0.4, 0.5) is 0 Å². The van der Waals surface area contributed by atoms with E-state index in [4.69, 9.17) is 0 Å². The van der Waals surface area contributed by atoms with Crippen LogP contribution in [0.3, 0.4) is 0 Å². The Bertz CT molecular complexity index is 334. The van der Waals surface area contributed by atoms with Crippen LogP contribution in [0, 0.1) is 0 Å². The standard InChI is InChI=1S/C5H2OS4/c1-2-3-4(9-7-2)5(6)10-8-3/h1H2. The normalized spacial score (nSPS) is 15.8. The maximum absolute atomic E-state index is 11.0. The molecule has 2 rings (SSSR count). The molecule has 1 aliphatic rings. The highest BCUT2D eigenvalue weighted by molar-refractivity contribution is 8.80. The summed E-state index contributed by atoms with van der Waals surface area (Å²) in [5, 5.41) is 0. The van der Waals surface area contributed by atoms with Crippen molar-refractivity contribution >= 4 is 47.2 Å². The lowest BCUT2D eigenvalue weighted by Gasteiger charge is -1.82. The van der Waals surface area contributed by atoms with Crippen LogP contribution in [-0.2, 0) is 0 Å². The molecule has 0 radical (unpaired) electrons. The van der Waals surface area contributed by atoms with E-state index < -0.39 is 0 Å². The fourth-order valence-electron chi connectivity index (χ4n) is 0.623. The van der Waals surface area contributed by atoms with E-state index in [0.29, 0.717) is 0 Å². The molecule has 0 spiro atoms. The first kappa shape index (κ1) is 6.97. The van der Waals surface area contributed by atoms with Crippen LogP contribution >= 0.6 is 42.3 Å². The number of hydrogen-bond acceptors (Lipinski definition) is 5. The Morgan fingerprint density at radius 1 is 1.20 bits per heavy atom. The largest absolute Gasteiger partial charge is 0.276 e. The molecule has 5 heteroatoms. The van der Waals surface area contributed by atoms with Crippen LogP contribution in [0.2, 0.25) is 0 Å². The predicted octanol–water partition coefficient (Wildman–Crippen LogP) is 2.89. The third kappa shape index (κ3) is 0.887. The Hall–Kier alpha value is 0.290. The zero-order chi connectivity index (χ0) is 7.14. The molecule has 0 saturated heterocycles. The average Bonchev–Trinajstić information content (AvgIpc) is 2.41. The summed E-state index contributed by atoms with van der Waals surface area (Å²) in [5.74, 6) is 0. The van der Waals surface area contributed by atoms with Gasteiger partial charge in [0, 0.05) is 4.91 Å². The van der Waals surface area contributed by atoms with E-state index in [0.717, 1.165) is 14.7 Å². The van der Waals surface area contributed by atoms with Crippen LogP contribution < -0.4 is 4.74 Å². The fourth-order valence-corrected chi connectivity index (χ4v) is 6.24. The van der Waals surface area contributed by atoms with Crippen LogP contribution in [0.1, 0.15) is 4.88 Å². The molecule has 0 bridgehead atoms. The van der Waals surface area contributed by atoms with Crippen LogP contribution in [0.25, 0.3) is 4.91 Å². The van der Waals surface area contributed by atoms with E-state index in [2.05, 4.69) is 6.58 Å². The Morgan fingerprint density at radius 2 is 2.00 bits per heavy atom. The number of hydrogen-bond donors (Lipinski definition) is 0. The third-order valence-electron chi connectivity index (χ3n) is 1.07. The molecule has 0 saturated carbocycles. The Morgan fingerprint density at radius 3 is 2.70 bits per heavy atom. The maximum atomic E-state index is 11.0. The molecule has 0 aromatic carbocycles. The summed E-state index contributed by atoms with van der Waals surface area (Å²) < 4.78 is 0.191. The van der Waals surface area contributed by atoms with Gasteiger partial charge in [-0.3, -0.25) is 4.79 Å². The van der Waals surface area contributed by atoms with Gasteiger partial charge in [0.2, 0.25) is 0 Å². The first-order valence-corrected chi connectivity index (χ1v) is 6.76. The first-order valence-electron chi connectivity index (χ1n) is 2.46. The van der Waals surface area contributed by atoms with Gasteiger partial charge in [-0.25, -0.2) is 0 Å². The third-order valence-corrected chi connectivity index (χ3v) is 6.12. The van der Waals surface area contributed by atoms with Gasteiger partial charge in [-0.2, -0.15) is 0 Å². The molecule has 0 amide bonds. The van der Waals surface area contributed by atoms with E-state index in [9.17, 15) is 4.79 Å². The molecule has 0 unspecified atom stereocenters. The molecule has 0 aliphatic carbocycles. The van der Waals surface area contributed by atoms with Gasteiger partial charge in [0.05, 0.1) is 9.77 Å². The topological polar surface area (TPSA) is 17.1 Å². The van der Waals surface area contributed by atoms with E-state index in [-0.39, 0.29) is 4.74 Å². The van der Waals surface area contributed by atoms with Crippen molar-refractivity contribution in [3.63, 3.8) is 0 Å². The van der Waals surface area contributed by atoms with Crippen molar-refractivity contribution in [3.05, 3.63) is 21.0 Å². The molecule has 2 heterocycles. The zero-order valence-electron chi connectivity index (χ0n) is 4.75. The van der Waals surface area contributed by atoms with Crippen LogP contribution in [0.5, 0.6) is 0 Å². The Labute approximate surface area is 72.9 Å². The van der Waals surface area contributed by atoms with Crippen molar-refractivity contribution in [2.24, 2.45) is 0 Å². The van der Waals surface area contributed by atoms with Crippen molar-refractivity contribution in [3.8, 4) is 0 Å². The van der Waals surface area contributed by atoms with Crippen molar-refractivity contribution < 1.29 is 0 Å². The Balaban J connectivity index is 2.74.